The molecular formula is C13H17BrO. The minimum absolute atomic E-state index is 0.428. The summed E-state index contributed by atoms with van der Waals surface area (Å²) in [6, 6.07) is 6.39. The van der Waals surface area contributed by atoms with E-state index in [0.29, 0.717) is 5.41 Å². The quantitative estimate of drug-likeness (QED) is 0.754. The van der Waals surface area contributed by atoms with Gasteiger partial charge in [-0.3, -0.25) is 0 Å². The zero-order chi connectivity index (χ0) is 10.9. The summed E-state index contributed by atoms with van der Waals surface area (Å²) in [5, 5.41) is 1.06. The van der Waals surface area contributed by atoms with E-state index < -0.39 is 0 Å². The smallest absolute Gasteiger partial charge is 0.119 e. The number of benzene rings is 1. The molecule has 0 aromatic heterocycles. The predicted molar refractivity (Wildman–Crippen MR) is 66.9 cm³/mol. The van der Waals surface area contributed by atoms with Crippen LogP contribution < -0.4 is 4.74 Å². The number of aryl methyl sites for hydroxylation is 2. The van der Waals surface area contributed by atoms with E-state index in [1.807, 2.05) is 0 Å². The fourth-order valence-corrected chi connectivity index (χ4v) is 2.47. The maximum atomic E-state index is 5.86. The van der Waals surface area contributed by atoms with Gasteiger partial charge in [0.25, 0.3) is 0 Å². The van der Waals surface area contributed by atoms with Gasteiger partial charge in [0.1, 0.15) is 5.75 Å². The molecule has 0 atom stereocenters. The first kappa shape index (κ1) is 11.0. The molecule has 0 aliphatic heterocycles. The summed E-state index contributed by atoms with van der Waals surface area (Å²) < 4.78 is 5.86. The highest BCUT2D eigenvalue weighted by atomic mass is 79.9. The van der Waals surface area contributed by atoms with Crippen LogP contribution >= 0.6 is 15.9 Å². The third-order valence-electron chi connectivity index (χ3n) is 2.98. The Balaban J connectivity index is 1.99. The highest BCUT2D eigenvalue weighted by Gasteiger charge is 2.42. The highest BCUT2D eigenvalue weighted by molar-refractivity contribution is 9.09. The first-order valence-corrected chi connectivity index (χ1v) is 6.53. The molecule has 1 fully saturated rings. The van der Waals surface area contributed by atoms with Crippen molar-refractivity contribution in [2.75, 3.05) is 11.9 Å². The Bertz CT molecular complexity index is 335. The second-order valence-electron chi connectivity index (χ2n) is 4.75. The minimum Gasteiger partial charge on any atom is -0.493 e. The van der Waals surface area contributed by atoms with Gasteiger partial charge in [-0.15, -0.1) is 0 Å². The number of hydrogen-bond donors (Lipinski definition) is 0. The molecule has 1 aliphatic rings. The third-order valence-corrected chi connectivity index (χ3v) is 4.17. The van der Waals surface area contributed by atoms with Crippen LogP contribution in [0.5, 0.6) is 5.75 Å². The summed E-state index contributed by atoms with van der Waals surface area (Å²) in [5.74, 6) is 1.01. The van der Waals surface area contributed by atoms with Crippen molar-refractivity contribution in [2.45, 2.75) is 26.7 Å². The third kappa shape index (κ3) is 2.75. The highest BCUT2D eigenvalue weighted by Crippen LogP contribution is 2.47. The van der Waals surface area contributed by atoms with Crippen LogP contribution in [-0.4, -0.2) is 11.9 Å². The molecule has 1 aromatic carbocycles. The predicted octanol–water partition coefficient (Wildman–Crippen LogP) is 3.86. The van der Waals surface area contributed by atoms with E-state index in [9.17, 15) is 0 Å². The first-order valence-electron chi connectivity index (χ1n) is 5.41. The van der Waals surface area contributed by atoms with Gasteiger partial charge in [0.15, 0.2) is 0 Å². The van der Waals surface area contributed by atoms with Gasteiger partial charge in [-0.25, -0.2) is 0 Å². The SMILES string of the molecule is Cc1cc(C)cc(OCC2(CBr)CC2)c1. The van der Waals surface area contributed by atoms with Gasteiger partial charge in [0.05, 0.1) is 6.61 Å². The topological polar surface area (TPSA) is 9.23 Å². The Morgan fingerprint density at radius 3 is 2.27 bits per heavy atom. The van der Waals surface area contributed by atoms with Gasteiger partial charge in [-0.05, 0) is 49.9 Å². The zero-order valence-corrected chi connectivity index (χ0v) is 10.9. The number of alkyl halides is 1. The second kappa shape index (κ2) is 4.17. The van der Waals surface area contributed by atoms with Gasteiger partial charge >= 0.3 is 0 Å². The Labute approximate surface area is 100.0 Å². The Morgan fingerprint density at radius 1 is 1.20 bits per heavy atom. The van der Waals surface area contributed by atoms with Gasteiger partial charge in [-0.1, -0.05) is 22.0 Å². The molecule has 0 heterocycles. The number of halogens is 1. The van der Waals surface area contributed by atoms with Crippen LogP contribution in [0.2, 0.25) is 0 Å². The zero-order valence-electron chi connectivity index (χ0n) is 9.35. The molecule has 0 radical (unpaired) electrons. The van der Waals surface area contributed by atoms with Crippen LogP contribution in [0.15, 0.2) is 18.2 Å². The van der Waals surface area contributed by atoms with Gasteiger partial charge in [-0.2, -0.15) is 0 Å². The molecule has 15 heavy (non-hydrogen) atoms. The summed E-state index contributed by atoms with van der Waals surface area (Å²) in [6.07, 6.45) is 2.59. The van der Waals surface area contributed by atoms with Crippen molar-refractivity contribution in [3.8, 4) is 5.75 Å². The molecule has 0 N–H and O–H groups in total. The molecule has 2 rings (SSSR count). The van der Waals surface area contributed by atoms with Crippen molar-refractivity contribution in [1.82, 2.24) is 0 Å². The standard InChI is InChI=1S/C13H17BrO/c1-10-5-11(2)7-12(6-10)15-9-13(8-14)3-4-13/h5-7H,3-4,8-9H2,1-2H3. The lowest BCUT2D eigenvalue weighted by Crippen LogP contribution is -2.14. The lowest BCUT2D eigenvalue weighted by Gasteiger charge is -2.14. The molecule has 0 saturated heterocycles. The molecule has 82 valence electrons. The Kier molecular flexibility index (Phi) is 3.06. The Morgan fingerprint density at radius 2 is 1.80 bits per heavy atom. The van der Waals surface area contributed by atoms with Crippen LogP contribution in [0.4, 0.5) is 0 Å². The molecule has 1 saturated carbocycles. The summed E-state index contributed by atoms with van der Waals surface area (Å²) in [6.45, 7) is 5.07. The summed E-state index contributed by atoms with van der Waals surface area (Å²) in [4.78, 5) is 0. The first-order chi connectivity index (χ1) is 7.13. The summed E-state index contributed by atoms with van der Waals surface area (Å²) in [7, 11) is 0. The van der Waals surface area contributed by atoms with E-state index >= 15 is 0 Å². The normalized spacial score (nSPS) is 17.5. The van der Waals surface area contributed by atoms with Crippen molar-refractivity contribution in [3.63, 3.8) is 0 Å². The van der Waals surface area contributed by atoms with E-state index in [2.05, 4.69) is 48.0 Å². The average Bonchev–Trinajstić information content (AvgIpc) is 2.94. The van der Waals surface area contributed by atoms with E-state index in [1.165, 1.54) is 24.0 Å². The monoisotopic (exact) mass is 268 g/mol. The fourth-order valence-electron chi connectivity index (χ4n) is 1.75. The summed E-state index contributed by atoms with van der Waals surface area (Å²) in [5.41, 5.74) is 2.97. The maximum Gasteiger partial charge on any atom is 0.119 e. The lowest BCUT2D eigenvalue weighted by molar-refractivity contribution is 0.251. The van der Waals surface area contributed by atoms with E-state index in [4.69, 9.17) is 4.74 Å². The van der Waals surface area contributed by atoms with Crippen molar-refractivity contribution >= 4 is 15.9 Å². The summed E-state index contributed by atoms with van der Waals surface area (Å²) >= 11 is 3.56. The van der Waals surface area contributed by atoms with Crippen LogP contribution in [0.3, 0.4) is 0 Å². The van der Waals surface area contributed by atoms with Crippen molar-refractivity contribution in [2.24, 2.45) is 5.41 Å². The molecule has 0 spiro atoms. The van der Waals surface area contributed by atoms with Crippen LogP contribution in [0, 0.1) is 19.3 Å². The average molecular weight is 269 g/mol. The largest absolute Gasteiger partial charge is 0.493 e. The van der Waals surface area contributed by atoms with Crippen molar-refractivity contribution in [3.05, 3.63) is 29.3 Å². The molecule has 1 aliphatic carbocycles. The number of ether oxygens (including phenoxy) is 1. The maximum absolute atomic E-state index is 5.86. The van der Waals surface area contributed by atoms with Crippen LogP contribution in [-0.2, 0) is 0 Å². The molecule has 1 aromatic rings. The van der Waals surface area contributed by atoms with Gasteiger partial charge in [0.2, 0.25) is 0 Å². The van der Waals surface area contributed by atoms with Crippen molar-refractivity contribution < 1.29 is 4.74 Å². The second-order valence-corrected chi connectivity index (χ2v) is 5.31. The molecule has 0 amide bonds. The van der Waals surface area contributed by atoms with Gasteiger partial charge in [0, 0.05) is 10.7 Å². The fraction of sp³-hybridized carbons (Fsp3) is 0.538. The van der Waals surface area contributed by atoms with E-state index in [1.54, 1.807) is 0 Å². The lowest BCUT2D eigenvalue weighted by atomic mass is 10.1. The van der Waals surface area contributed by atoms with Crippen LogP contribution in [0.25, 0.3) is 0 Å². The van der Waals surface area contributed by atoms with E-state index in [0.717, 1.165) is 17.7 Å². The number of rotatable bonds is 4. The number of hydrogen-bond acceptors (Lipinski definition) is 1. The molecule has 2 heteroatoms. The van der Waals surface area contributed by atoms with Crippen molar-refractivity contribution in [1.29, 1.82) is 0 Å². The van der Waals surface area contributed by atoms with Crippen LogP contribution in [0.1, 0.15) is 24.0 Å². The molecule has 1 nitrogen and oxygen atoms in total. The molecular weight excluding hydrogens is 252 g/mol. The molecule has 0 bridgehead atoms. The Hall–Kier alpha value is -0.500. The molecule has 0 unspecified atom stereocenters. The minimum atomic E-state index is 0.428. The van der Waals surface area contributed by atoms with Gasteiger partial charge < -0.3 is 4.74 Å². The van der Waals surface area contributed by atoms with E-state index in [-0.39, 0.29) is 0 Å².